The fourth-order valence-corrected chi connectivity index (χ4v) is 4.06. The largest absolute Gasteiger partial charge is 0.494 e. The van der Waals surface area contributed by atoms with Gasteiger partial charge < -0.3 is 10.1 Å². The van der Waals surface area contributed by atoms with Crippen LogP contribution in [0, 0.1) is 5.82 Å². The molecule has 8 heteroatoms. The van der Waals surface area contributed by atoms with E-state index >= 15 is 0 Å². The Morgan fingerprint density at radius 3 is 2.32 bits per heavy atom. The zero-order chi connectivity index (χ0) is 20.7. The normalized spacial score (nSPS) is 12.3. The van der Waals surface area contributed by atoms with Gasteiger partial charge in [0.25, 0.3) is 0 Å². The van der Waals surface area contributed by atoms with Crippen LogP contribution >= 0.6 is 0 Å². The molecule has 1 amide bonds. The number of rotatable bonds is 9. The maximum absolute atomic E-state index is 14.2. The molecule has 0 spiro atoms. The summed E-state index contributed by atoms with van der Waals surface area (Å²) in [5.41, 5.74) is 0.691. The van der Waals surface area contributed by atoms with Crippen LogP contribution in [0.4, 0.5) is 10.1 Å². The molecule has 0 bridgehead atoms. The van der Waals surface area contributed by atoms with Crippen molar-refractivity contribution in [3.8, 4) is 5.75 Å². The number of anilines is 1. The summed E-state index contributed by atoms with van der Waals surface area (Å²) in [6.45, 7) is 4.35. The number of carbonyl (C=O) groups is 1. The Balaban J connectivity index is 2.19. The molecule has 0 radical (unpaired) electrons. The smallest absolute Gasteiger partial charge is 0.244 e. The van der Waals surface area contributed by atoms with Crippen molar-refractivity contribution < 1.29 is 22.3 Å². The van der Waals surface area contributed by atoms with E-state index in [9.17, 15) is 17.6 Å². The van der Waals surface area contributed by atoms with E-state index in [-0.39, 0.29) is 18.7 Å². The fraction of sp³-hybridized carbons (Fsp3) is 0.350. The molecular formula is C20H25FN2O4S. The third-order valence-electron chi connectivity index (χ3n) is 4.12. The van der Waals surface area contributed by atoms with Crippen molar-refractivity contribution in [1.29, 1.82) is 0 Å². The van der Waals surface area contributed by atoms with Crippen LogP contribution in [0.15, 0.2) is 48.5 Å². The van der Waals surface area contributed by atoms with Crippen LogP contribution in [-0.2, 0) is 21.4 Å². The molecule has 1 N–H and O–H groups in total. The predicted octanol–water partition coefficient (Wildman–Crippen LogP) is 3.09. The molecule has 0 aliphatic carbocycles. The van der Waals surface area contributed by atoms with E-state index in [0.29, 0.717) is 6.61 Å². The van der Waals surface area contributed by atoms with Gasteiger partial charge in [-0.25, -0.2) is 12.8 Å². The third-order valence-corrected chi connectivity index (χ3v) is 5.29. The van der Waals surface area contributed by atoms with Gasteiger partial charge in [0.1, 0.15) is 17.6 Å². The highest BCUT2D eigenvalue weighted by Gasteiger charge is 2.32. The Hall–Kier alpha value is -2.61. The van der Waals surface area contributed by atoms with Gasteiger partial charge in [0.2, 0.25) is 15.9 Å². The Labute approximate surface area is 165 Å². The van der Waals surface area contributed by atoms with E-state index < -0.39 is 27.8 Å². The minimum Gasteiger partial charge on any atom is -0.494 e. The first-order valence-corrected chi connectivity index (χ1v) is 10.9. The lowest BCUT2D eigenvalue weighted by molar-refractivity contribution is -0.122. The van der Waals surface area contributed by atoms with Crippen LogP contribution in [0.3, 0.4) is 0 Å². The lowest BCUT2D eigenvalue weighted by Crippen LogP contribution is -2.49. The Bertz CT molecular complexity index is 901. The van der Waals surface area contributed by atoms with Gasteiger partial charge in [0, 0.05) is 6.54 Å². The van der Waals surface area contributed by atoms with E-state index in [0.717, 1.165) is 27.9 Å². The second-order valence-electron chi connectivity index (χ2n) is 6.23. The number of hydrogen-bond donors (Lipinski definition) is 1. The second kappa shape index (κ2) is 9.54. The summed E-state index contributed by atoms with van der Waals surface area (Å²) in [6, 6.07) is 11.7. The zero-order valence-corrected chi connectivity index (χ0v) is 17.0. The topological polar surface area (TPSA) is 75.7 Å². The lowest BCUT2D eigenvalue weighted by atomic mass is 10.1. The molecule has 28 heavy (non-hydrogen) atoms. The van der Waals surface area contributed by atoms with E-state index in [1.165, 1.54) is 18.2 Å². The molecule has 2 aromatic rings. The molecule has 6 nitrogen and oxygen atoms in total. The van der Waals surface area contributed by atoms with Crippen molar-refractivity contribution in [2.75, 3.05) is 17.2 Å². The van der Waals surface area contributed by atoms with Crippen molar-refractivity contribution in [2.45, 2.75) is 32.9 Å². The highest BCUT2D eigenvalue weighted by molar-refractivity contribution is 7.92. The van der Waals surface area contributed by atoms with Crippen molar-refractivity contribution in [3.05, 3.63) is 59.9 Å². The summed E-state index contributed by atoms with van der Waals surface area (Å²) in [5.74, 6) is -0.470. The first kappa shape index (κ1) is 21.7. The van der Waals surface area contributed by atoms with Crippen molar-refractivity contribution in [3.63, 3.8) is 0 Å². The average molecular weight is 408 g/mol. The Morgan fingerprint density at radius 1 is 1.14 bits per heavy atom. The quantitative estimate of drug-likeness (QED) is 0.692. The van der Waals surface area contributed by atoms with Crippen molar-refractivity contribution in [1.82, 2.24) is 5.32 Å². The van der Waals surface area contributed by atoms with Gasteiger partial charge in [-0.15, -0.1) is 0 Å². The molecule has 0 aliphatic heterocycles. The number of amides is 1. The van der Waals surface area contributed by atoms with Gasteiger partial charge in [0.05, 0.1) is 18.6 Å². The van der Waals surface area contributed by atoms with Crippen LogP contribution in [0.1, 0.15) is 25.8 Å². The molecule has 0 aliphatic rings. The fourth-order valence-electron chi connectivity index (χ4n) is 2.84. The summed E-state index contributed by atoms with van der Waals surface area (Å²) in [6.07, 6.45) is 1.15. The van der Waals surface area contributed by atoms with Gasteiger partial charge in [-0.05, 0) is 43.2 Å². The summed E-state index contributed by atoms with van der Waals surface area (Å²) in [4.78, 5) is 12.7. The standard InChI is InChI=1S/C20H25FN2O4S/c1-4-18(23(28(3,25)26)19-9-7-6-8-17(19)21)20(24)22-14-15-10-12-16(13-11-15)27-5-2/h6-13,18H,4-5,14H2,1-3H3,(H,22,24). The second-order valence-corrected chi connectivity index (χ2v) is 8.09. The van der Waals surface area contributed by atoms with Gasteiger partial charge in [-0.3, -0.25) is 9.10 Å². The molecule has 0 heterocycles. The van der Waals surface area contributed by atoms with Crippen LogP contribution in [0.25, 0.3) is 0 Å². The first-order valence-electron chi connectivity index (χ1n) is 9.01. The SMILES string of the molecule is CCOc1ccc(CNC(=O)C(CC)N(c2ccccc2F)S(C)(=O)=O)cc1. The van der Waals surface area contributed by atoms with Gasteiger partial charge in [0.15, 0.2) is 0 Å². The van der Waals surface area contributed by atoms with Crippen LogP contribution in [-0.4, -0.2) is 33.2 Å². The summed E-state index contributed by atoms with van der Waals surface area (Å²) in [5, 5.41) is 2.73. The zero-order valence-electron chi connectivity index (χ0n) is 16.2. The lowest BCUT2D eigenvalue weighted by Gasteiger charge is -2.30. The predicted molar refractivity (Wildman–Crippen MR) is 107 cm³/mol. The van der Waals surface area contributed by atoms with Crippen LogP contribution in [0.5, 0.6) is 5.75 Å². The number of ether oxygens (including phenoxy) is 1. The molecule has 0 saturated carbocycles. The summed E-state index contributed by atoms with van der Waals surface area (Å²) < 4.78 is 45.1. The maximum atomic E-state index is 14.2. The first-order chi connectivity index (χ1) is 13.3. The molecule has 0 fully saturated rings. The van der Waals surface area contributed by atoms with Crippen LogP contribution < -0.4 is 14.4 Å². The van der Waals surface area contributed by atoms with Crippen molar-refractivity contribution >= 4 is 21.6 Å². The number of sulfonamides is 1. The highest BCUT2D eigenvalue weighted by Crippen LogP contribution is 2.25. The van der Waals surface area contributed by atoms with E-state index in [1.54, 1.807) is 19.1 Å². The molecule has 0 aromatic heterocycles. The third kappa shape index (κ3) is 5.45. The number of halogens is 1. The number of carbonyl (C=O) groups excluding carboxylic acids is 1. The number of benzene rings is 2. The van der Waals surface area contributed by atoms with E-state index in [1.807, 2.05) is 19.1 Å². The molecule has 152 valence electrons. The average Bonchev–Trinajstić information content (AvgIpc) is 2.65. The van der Waals surface area contributed by atoms with Crippen LogP contribution in [0.2, 0.25) is 0 Å². The highest BCUT2D eigenvalue weighted by atomic mass is 32.2. The number of para-hydroxylation sites is 1. The molecule has 2 rings (SSSR count). The minimum absolute atomic E-state index is 0.145. The number of hydrogen-bond acceptors (Lipinski definition) is 4. The Morgan fingerprint density at radius 2 is 1.79 bits per heavy atom. The summed E-state index contributed by atoms with van der Waals surface area (Å²) in [7, 11) is -3.88. The monoisotopic (exact) mass is 408 g/mol. The number of nitrogens with one attached hydrogen (secondary N) is 1. The summed E-state index contributed by atoms with van der Waals surface area (Å²) >= 11 is 0. The molecule has 1 unspecified atom stereocenters. The maximum Gasteiger partial charge on any atom is 0.244 e. The van der Waals surface area contributed by atoms with Gasteiger partial charge in [-0.2, -0.15) is 0 Å². The molecule has 0 saturated heterocycles. The molecule has 1 atom stereocenters. The molecular weight excluding hydrogens is 383 g/mol. The Kier molecular flexibility index (Phi) is 7.39. The van der Waals surface area contributed by atoms with E-state index in [4.69, 9.17) is 4.74 Å². The van der Waals surface area contributed by atoms with Crippen molar-refractivity contribution in [2.24, 2.45) is 0 Å². The van der Waals surface area contributed by atoms with E-state index in [2.05, 4.69) is 5.32 Å². The molecule has 2 aromatic carbocycles. The number of nitrogens with zero attached hydrogens (tertiary/aromatic N) is 1. The van der Waals surface area contributed by atoms with Gasteiger partial charge >= 0.3 is 0 Å². The minimum atomic E-state index is -3.88. The van der Waals surface area contributed by atoms with Gasteiger partial charge in [-0.1, -0.05) is 31.2 Å².